The standard InChI is InChI=1S/C16H19FN2O/c1-10(2)15-5-4-14(6-11(15)3)20-16-12(8-18)7-13(17)9-19-16/h4-7,9-10H,8,18H2,1-3H3. The molecule has 0 radical (unpaired) electrons. The van der Waals surface area contributed by atoms with Crippen LogP contribution in [0.25, 0.3) is 0 Å². The molecule has 2 rings (SSSR count). The van der Waals surface area contributed by atoms with E-state index in [1.54, 1.807) is 0 Å². The number of hydrogen-bond acceptors (Lipinski definition) is 3. The molecule has 2 aromatic rings. The van der Waals surface area contributed by atoms with Gasteiger partial charge in [-0.05, 0) is 42.2 Å². The Bertz CT molecular complexity index is 611. The minimum absolute atomic E-state index is 0.184. The van der Waals surface area contributed by atoms with Gasteiger partial charge in [0.15, 0.2) is 0 Å². The molecule has 4 heteroatoms. The molecular weight excluding hydrogens is 255 g/mol. The van der Waals surface area contributed by atoms with E-state index in [4.69, 9.17) is 10.5 Å². The molecule has 0 unspecified atom stereocenters. The van der Waals surface area contributed by atoms with Crippen molar-refractivity contribution in [3.63, 3.8) is 0 Å². The summed E-state index contributed by atoms with van der Waals surface area (Å²) in [6.07, 6.45) is 1.13. The number of hydrogen-bond donors (Lipinski definition) is 1. The van der Waals surface area contributed by atoms with E-state index in [1.807, 2.05) is 25.1 Å². The van der Waals surface area contributed by atoms with Crippen LogP contribution >= 0.6 is 0 Å². The second-order valence-electron chi connectivity index (χ2n) is 5.10. The van der Waals surface area contributed by atoms with Crippen LogP contribution < -0.4 is 10.5 Å². The number of aryl methyl sites for hydroxylation is 1. The van der Waals surface area contributed by atoms with E-state index in [1.165, 1.54) is 11.6 Å². The maximum absolute atomic E-state index is 13.1. The maximum Gasteiger partial charge on any atom is 0.223 e. The summed E-state index contributed by atoms with van der Waals surface area (Å²) >= 11 is 0. The van der Waals surface area contributed by atoms with Crippen molar-refractivity contribution in [2.45, 2.75) is 33.2 Å². The molecule has 0 aliphatic rings. The van der Waals surface area contributed by atoms with Crippen LogP contribution in [0.1, 0.15) is 36.5 Å². The monoisotopic (exact) mass is 274 g/mol. The first kappa shape index (κ1) is 14.5. The molecule has 0 atom stereocenters. The number of pyridine rings is 1. The van der Waals surface area contributed by atoms with Crippen LogP contribution in [0.4, 0.5) is 4.39 Å². The van der Waals surface area contributed by atoms with Gasteiger partial charge in [-0.25, -0.2) is 9.37 Å². The second kappa shape index (κ2) is 6.01. The van der Waals surface area contributed by atoms with Crippen LogP contribution in [0.15, 0.2) is 30.5 Å². The SMILES string of the molecule is Cc1cc(Oc2ncc(F)cc2CN)ccc1C(C)C. The zero-order valence-corrected chi connectivity index (χ0v) is 12.0. The summed E-state index contributed by atoms with van der Waals surface area (Å²) in [5.74, 6) is 1.09. The number of halogens is 1. The van der Waals surface area contributed by atoms with E-state index >= 15 is 0 Å². The van der Waals surface area contributed by atoms with Gasteiger partial charge in [-0.3, -0.25) is 0 Å². The van der Waals surface area contributed by atoms with E-state index in [-0.39, 0.29) is 6.54 Å². The molecule has 0 saturated heterocycles. The Kier molecular flexibility index (Phi) is 4.35. The van der Waals surface area contributed by atoms with Crippen LogP contribution in [-0.4, -0.2) is 4.98 Å². The lowest BCUT2D eigenvalue weighted by Gasteiger charge is -2.13. The van der Waals surface area contributed by atoms with Crippen molar-refractivity contribution in [2.75, 3.05) is 0 Å². The lowest BCUT2D eigenvalue weighted by molar-refractivity contribution is 0.451. The quantitative estimate of drug-likeness (QED) is 0.919. The third-order valence-corrected chi connectivity index (χ3v) is 3.19. The molecule has 0 aliphatic heterocycles. The Morgan fingerprint density at radius 3 is 2.65 bits per heavy atom. The smallest absolute Gasteiger partial charge is 0.223 e. The largest absolute Gasteiger partial charge is 0.439 e. The van der Waals surface area contributed by atoms with Gasteiger partial charge >= 0.3 is 0 Å². The molecule has 0 saturated carbocycles. The molecule has 2 N–H and O–H groups in total. The average Bonchev–Trinajstić information content (AvgIpc) is 2.40. The molecule has 1 aromatic carbocycles. The van der Waals surface area contributed by atoms with Crippen LogP contribution in [0.2, 0.25) is 0 Å². The molecule has 0 amide bonds. The van der Waals surface area contributed by atoms with E-state index in [9.17, 15) is 4.39 Å². The van der Waals surface area contributed by atoms with Gasteiger partial charge in [0.2, 0.25) is 5.88 Å². The first-order valence-corrected chi connectivity index (χ1v) is 6.64. The van der Waals surface area contributed by atoms with Crippen molar-refractivity contribution < 1.29 is 9.13 Å². The number of ether oxygens (including phenoxy) is 1. The summed E-state index contributed by atoms with van der Waals surface area (Å²) in [6.45, 7) is 6.53. The molecular formula is C16H19FN2O. The van der Waals surface area contributed by atoms with Crippen molar-refractivity contribution in [1.82, 2.24) is 4.98 Å². The van der Waals surface area contributed by atoms with Gasteiger partial charge in [0.1, 0.15) is 11.6 Å². The van der Waals surface area contributed by atoms with Crippen LogP contribution in [-0.2, 0) is 6.54 Å². The van der Waals surface area contributed by atoms with Gasteiger partial charge in [-0.2, -0.15) is 0 Å². The highest BCUT2D eigenvalue weighted by Crippen LogP contribution is 2.27. The average molecular weight is 274 g/mol. The highest BCUT2D eigenvalue weighted by atomic mass is 19.1. The number of aromatic nitrogens is 1. The summed E-state index contributed by atoms with van der Waals surface area (Å²) in [4.78, 5) is 3.95. The molecule has 3 nitrogen and oxygen atoms in total. The predicted molar refractivity (Wildman–Crippen MR) is 77.4 cm³/mol. The topological polar surface area (TPSA) is 48.1 Å². The fourth-order valence-corrected chi connectivity index (χ4v) is 2.18. The van der Waals surface area contributed by atoms with Crippen molar-refractivity contribution >= 4 is 0 Å². The Balaban J connectivity index is 2.28. The molecule has 0 aliphatic carbocycles. The third kappa shape index (κ3) is 3.14. The fourth-order valence-electron chi connectivity index (χ4n) is 2.18. The van der Waals surface area contributed by atoms with Crippen molar-refractivity contribution in [2.24, 2.45) is 5.73 Å². The Labute approximate surface area is 118 Å². The first-order valence-electron chi connectivity index (χ1n) is 6.64. The molecule has 20 heavy (non-hydrogen) atoms. The number of nitrogens with zero attached hydrogens (tertiary/aromatic N) is 1. The second-order valence-corrected chi connectivity index (χ2v) is 5.10. The molecule has 0 bridgehead atoms. The molecule has 0 spiro atoms. The Morgan fingerprint density at radius 1 is 1.30 bits per heavy atom. The van der Waals surface area contributed by atoms with Gasteiger partial charge in [-0.1, -0.05) is 19.9 Å². The van der Waals surface area contributed by atoms with Crippen LogP contribution in [0, 0.1) is 12.7 Å². The van der Waals surface area contributed by atoms with Crippen LogP contribution in [0.3, 0.4) is 0 Å². The maximum atomic E-state index is 13.1. The predicted octanol–water partition coefficient (Wildman–Crippen LogP) is 3.90. The summed E-state index contributed by atoms with van der Waals surface area (Å²) in [7, 11) is 0. The summed E-state index contributed by atoms with van der Waals surface area (Å²) in [6, 6.07) is 7.24. The number of benzene rings is 1. The van der Waals surface area contributed by atoms with Gasteiger partial charge < -0.3 is 10.5 Å². The van der Waals surface area contributed by atoms with E-state index in [2.05, 4.69) is 18.8 Å². The van der Waals surface area contributed by atoms with E-state index < -0.39 is 5.82 Å². The Morgan fingerprint density at radius 2 is 2.05 bits per heavy atom. The lowest BCUT2D eigenvalue weighted by Crippen LogP contribution is -2.02. The highest BCUT2D eigenvalue weighted by molar-refractivity contribution is 5.39. The minimum atomic E-state index is -0.413. The highest BCUT2D eigenvalue weighted by Gasteiger charge is 2.09. The van der Waals surface area contributed by atoms with Crippen molar-refractivity contribution in [1.29, 1.82) is 0 Å². The van der Waals surface area contributed by atoms with E-state index in [0.717, 1.165) is 11.8 Å². The van der Waals surface area contributed by atoms with Crippen molar-refractivity contribution in [3.05, 3.63) is 53.0 Å². The first-order chi connectivity index (χ1) is 9.51. The van der Waals surface area contributed by atoms with Gasteiger partial charge in [0.05, 0.1) is 6.20 Å². The normalized spacial score (nSPS) is 10.9. The lowest BCUT2D eigenvalue weighted by atomic mass is 9.98. The third-order valence-electron chi connectivity index (χ3n) is 3.19. The Hall–Kier alpha value is -1.94. The summed E-state index contributed by atoms with van der Waals surface area (Å²) in [5, 5.41) is 0. The zero-order chi connectivity index (χ0) is 14.7. The molecule has 106 valence electrons. The molecule has 1 heterocycles. The van der Waals surface area contributed by atoms with Gasteiger partial charge in [-0.15, -0.1) is 0 Å². The minimum Gasteiger partial charge on any atom is -0.439 e. The van der Waals surface area contributed by atoms with Crippen molar-refractivity contribution in [3.8, 4) is 11.6 Å². The summed E-state index contributed by atoms with van der Waals surface area (Å²) in [5.41, 5.74) is 8.57. The molecule has 0 fully saturated rings. The van der Waals surface area contributed by atoms with Gasteiger partial charge in [0.25, 0.3) is 0 Å². The summed E-state index contributed by atoms with van der Waals surface area (Å²) < 4.78 is 18.8. The van der Waals surface area contributed by atoms with E-state index in [0.29, 0.717) is 23.1 Å². The zero-order valence-electron chi connectivity index (χ0n) is 12.0. The fraction of sp³-hybridized carbons (Fsp3) is 0.312. The van der Waals surface area contributed by atoms with Gasteiger partial charge in [0, 0.05) is 12.1 Å². The molecule has 1 aromatic heterocycles. The van der Waals surface area contributed by atoms with Crippen LogP contribution in [0.5, 0.6) is 11.6 Å². The number of nitrogens with two attached hydrogens (primary N) is 1. The number of rotatable bonds is 4.